The molecule has 0 fully saturated rings. The van der Waals surface area contributed by atoms with Crippen molar-refractivity contribution < 1.29 is 13.6 Å². The second kappa shape index (κ2) is 8.23. The summed E-state index contributed by atoms with van der Waals surface area (Å²) in [6.07, 6.45) is 3.93. The quantitative estimate of drug-likeness (QED) is 0.473. The predicted molar refractivity (Wildman–Crippen MR) is 121 cm³/mol. The molecule has 1 amide bonds. The number of aromatic nitrogens is 4. The summed E-state index contributed by atoms with van der Waals surface area (Å²) < 4.78 is 29.9. The number of benzene rings is 2. The first kappa shape index (κ1) is 21.0. The number of nitrogens with zero attached hydrogens (tertiary/aromatic N) is 4. The van der Waals surface area contributed by atoms with E-state index in [0.29, 0.717) is 35.4 Å². The van der Waals surface area contributed by atoms with E-state index in [2.05, 4.69) is 25.3 Å². The van der Waals surface area contributed by atoms with E-state index < -0.39 is 23.6 Å². The minimum absolute atomic E-state index is 0.337. The van der Waals surface area contributed by atoms with Gasteiger partial charge in [-0.25, -0.2) is 23.7 Å². The van der Waals surface area contributed by atoms with Crippen LogP contribution >= 0.6 is 0 Å². The van der Waals surface area contributed by atoms with Crippen molar-refractivity contribution in [2.24, 2.45) is 0 Å². The maximum atomic E-state index is 14.9. The summed E-state index contributed by atoms with van der Waals surface area (Å²) in [7, 11) is 0. The first-order chi connectivity index (χ1) is 16.0. The van der Waals surface area contributed by atoms with Gasteiger partial charge in [-0.05, 0) is 43.0 Å². The third-order valence-electron chi connectivity index (χ3n) is 6.18. The number of hydrogen-bond acceptors (Lipinski definition) is 5. The number of amides is 1. The standard InChI is InChI=1S/C24H22F2N6O/c1-3-17(31-23-20-22(28-11-27-20)29-12-30-23)18-10-14-7-4-6-13(2)19(14)24(33)32(18)21-15(25)8-5-9-16(21)26/h4-9,11-12,17-18H,3,10H2,1-2H3,(H2,27,28,29,30,31). The predicted octanol–water partition coefficient (Wildman–Crippen LogP) is 4.40. The lowest BCUT2D eigenvalue weighted by Crippen LogP contribution is -2.55. The zero-order valence-electron chi connectivity index (χ0n) is 18.1. The molecule has 0 radical (unpaired) electrons. The van der Waals surface area contributed by atoms with Gasteiger partial charge in [0.1, 0.15) is 29.2 Å². The van der Waals surface area contributed by atoms with Crippen molar-refractivity contribution in [3.63, 3.8) is 0 Å². The minimum atomic E-state index is -0.779. The van der Waals surface area contributed by atoms with Gasteiger partial charge in [-0.2, -0.15) is 0 Å². The van der Waals surface area contributed by atoms with Gasteiger partial charge in [0.05, 0.1) is 12.4 Å². The number of anilines is 2. The molecule has 1 aliphatic heterocycles. The first-order valence-electron chi connectivity index (χ1n) is 10.8. The fraction of sp³-hybridized carbons (Fsp3) is 0.250. The Kier molecular flexibility index (Phi) is 5.24. The van der Waals surface area contributed by atoms with Crippen LogP contribution in [-0.2, 0) is 6.42 Å². The Morgan fingerprint density at radius 3 is 2.67 bits per heavy atom. The number of nitrogens with one attached hydrogen (secondary N) is 2. The molecule has 9 heteroatoms. The zero-order chi connectivity index (χ0) is 23.1. The van der Waals surface area contributed by atoms with Crippen molar-refractivity contribution >= 4 is 28.6 Å². The van der Waals surface area contributed by atoms with E-state index in [1.54, 1.807) is 0 Å². The number of aryl methyl sites for hydroxylation is 1. The molecule has 33 heavy (non-hydrogen) atoms. The van der Waals surface area contributed by atoms with Crippen molar-refractivity contribution in [1.82, 2.24) is 19.9 Å². The molecule has 2 unspecified atom stereocenters. The Morgan fingerprint density at radius 2 is 1.91 bits per heavy atom. The monoisotopic (exact) mass is 448 g/mol. The molecule has 2 aromatic heterocycles. The SMILES string of the molecule is CCC(Nc1ncnc2nc[nH]c12)C1Cc2cccc(C)c2C(=O)N1c1c(F)cccc1F. The molecule has 5 rings (SSSR count). The molecule has 3 heterocycles. The Balaban J connectivity index is 1.63. The summed E-state index contributed by atoms with van der Waals surface area (Å²) in [5.41, 5.74) is 2.90. The summed E-state index contributed by atoms with van der Waals surface area (Å²) in [6, 6.07) is 8.34. The third-order valence-corrected chi connectivity index (χ3v) is 6.18. The number of aromatic amines is 1. The van der Waals surface area contributed by atoms with Crippen molar-refractivity contribution in [2.45, 2.75) is 38.8 Å². The fourth-order valence-corrected chi connectivity index (χ4v) is 4.62. The number of rotatable bonds is 5. The maximum absolute atomic E-state index is 14.9. The summed E-state index contributed by atoms with van der Waals surface area (Å²) >= 11 is 0. The van der Waals surface area contributed by atoms with Crippen molar-refractivity contribution in [3.05, 3.63) is 77.4 Å². The van der Waals surface area contributed by atoms with E-state index in [0.717, 1.165) is 11.1 Å². The topological polar surface area (TPSA) is 86.8 Å². The van der Waals surface area contributed by atoms with Crippen molar-refractivity contribution in [2.75, 3.05) is 10.2 Å². The summed E-state index contributed by atoms with van der Waals surface area (Å²) in [5.74, 6) is -1.46. The number of carbonyl (C=O) groups is 1. The molecule has 0 aliphatic carbocycles. The molecule has 7 nitrogen and oxygen atoms in total. The molecule has 4 aromatic rings. The smallest absolute Gasteiger partial charge is 0.259 e. The second-order valence-corrected chi connectivity index (χ2v) is 8.11. The number of imidazole rings is 1. The Labute approximate surface area is 188 Å². The van der Waals surface area contributed by atoms with Crippen LogP contribution in [0.25, 0.3) is 11.2 Å². The summed E-state index contributed by atoms with van der Waals surface area (Å²) in [6.45, 7) is 3.79. The van der Waals surface area contributed by atoms with E-state index in [-0.39, 0.29) is 11.7 Å². The third kappa shape index (κ3) is 3.49. The summed E-state index contributed by atoms with van der Waals surface area (Å²) in [5, 5.41) is 3.37. The van der Waals surface area contributed by atoms with E-state index >= 15 is 0 Å². The molecule has 2 atom stereocenters. The van der Waals surface area contributed by atoms with Crippen LogP contribution in [0.1, 0.15) is 34.8 Å². The van der Waals surface area contributed by atoms with Crippen LogP contribution in [-0.4, -0.2) is 37.9 Å². The van der Waals surface area contributed by atoms with E-state index in [1.165, 1.54) is 35.8 Å². The Morgan fingerprint density at radius 1 is 1.15 bits per heavy atom. The highest BCUT2D eigenvalue weighted by molar-refractivity contribution is 6.10. The average Bonchev–Trinajstić information content (AvgIpc) is 3.28. The average molecular weight is 448 g/mol. The van der Waals surface area contributed by atoms with Crippen LogP contribution in [0.4, 0.5) is 20.3 Å². The van der Waals surface area contributed by atoms with Gasteiger partial charge in [-0.15, -0.1) is 0 Å². The van der Waals surface area contributed by atoms with Gasteiger partial charge >= 0.3 is 0 Å². The lowest BCUT2D eigenvalue weighted by molar-refractivity contribution is 0.0960. The molecule has 0 spiro atoms. The molecule has 0 saturated heterocycles. The number of halogens is 2. The van der Waals surface area contributed by atoms with Crippen LogP contribution in [0.2, 0.25) is 0 Å². The van der Waals surface area contributed by atoms with Crippen molar-refractivity contribution in [1.29, 1.82) is 0 Å². The lowest BCUT2D eigenvalue weighted by atomic mass is 9.86. The van der Waals surface area contributed by atoms with Crippen LogP contribution in [0.5, 0.6) is 0 Å². The van der Waals surface area contributed by atoms with Crippen molar-refractivity contribution in [3.8, 4) is 0 Å². The molecular weight excluding hydrogens is 426 g/mol. The molecule has 0 saturated carbocycles. The highest BCUT2D eigenvalue weighted by Gasteiger charge is 2.40. The molecule has 1 aliphatic rings. The molecule has 0 bridgehead atoms. The highest BCUT2D eigenvalue weighted by Crippen LogP contribution is 2.36. The van der Waals surface area contributed by atoms with Crippen LogP contribution < -0.4 is 10.2 Å². The zero-order valence-corrected chi connectivity index (χ0v) is 18.1. The number of fused-ring (bicyclic) bond motifs is 2. The number of hydrogen-bond donors (Lipinski definition) is 2. The summed E-state index contributed by atoms with van der Waals surface area (Å²) in [4.78, 5) is 30.6. The normalized spacial score (nSPS) is 16.7. The van der Waals surface area contributed by atoms with Gasteiger partial charge in [0.2, 0.25) is 0 Å². The van der Waals surface area contributed by atoms with Crippen LogP contribution in [0.15, 0.2) is 49.1 Å². The van der Waals surface area contributed by atoms with Gasteiger partial charge in [-0.3, -0.25) is 9.69 Å². The first-order valence-corrected chi connectivity index (χ1v) is 10.8. The maximum Gasteiger partial charge on any atom is 0.259 e. The molecule has 2 aromatic carbocycles. The van der Waals surface area contributed by atoms with Crippen LogP contribution in [0.3, 0.4) is 0 Å². The Bertz CT molecular complexity index is 1330. The molecule has 2 N–H and O–H groups in total. The highest BCUT2D eigenvalue weighted by atomic mass is 19.1. The van der Waals surface area contributed by atoms with Gasteiger partial charge in [0, 0.05) is 11.6 Å². The van der Waals surface area contributed by atoms with E-state index in [1.807, 2.05) is 32.0 Å². The van der Waals surface area contributed by atoms with E-state index in [4.69, 9.17) is 0 Å². The minimum Gasteiger partial charge on any atom is -0.363 e. The Hall–Kier alpha value is -3.88. The van der Waals surface area contributed by atoms with Gasteiger partial charge in [0.15, 0.2) is 11.5 Å². The van der Waals surface area contributed by atoms with Crippen LogP contribution in [0, 0.1) is 18.6 Å². The molecular formula is C24H22F2N6O. The van der Waals surface area contributed by atoms with E-state index in [9.17, 15) is 13.6 Å². The lowest BCUT2D eigenvalue weighted by Gasteiger charge is -2.41. The number of carbonyl (C=O) groups excluding carboxylic acids is 1. The largest absolute Gasteiger partial charge is 0.363 e. The van der Waals surface area contributed by atoms with Gasteiger partial charge < -0.3 is 10.3 Å². The van der Waals surface area contributed by atoms with Gasteiger partial charge in [0.25, 0.3) is 5.91 Å². The molecule has 168 valence electrons. The second-order valence-electron chi connectivity index (χ2n) is 8.11. The number of para-hydroxylation sites is 1. The van der Waals surface area contributed by atoms with Gasteiger partial charge in [-0.1, -0.05) is 31.2 Å². The number of H-pyrrole nitrogens is 1. The fourth-order valence-electron chi connectivity index (χ4n) is 4.62.